The van der Waals surface area contributed by atoms with Crippen LogP contribution < -0.4 is 14.8 Å². The number of carbonyl (C=O) groups excluding carboxylic acids is 2. The van der Waals surface area contributed by atoms with Gasteiger partial charge in [-0.15, -0.1) is 0 Å². The van der Waals surface area contributed by atoms with Crippen LogP contribution in [-0.4, -0.2) is 43.1 Å². The van der Waals surface area contributed by atoms with E-state index in [0.29, 0.717) is 17.2 Å². The van der Waals surface area contributed by atoms with E-state index in [4.69, 9.17) is 19.0 Å². The zero-order valence-electron chi connectivity index (χ0n) is 16.3. The smallest absolute Gasteiger partial charge is 0.347 e. The predicted molar refractivity (Wildman–Crippen MR) is 98.7 cm³/mol. The summed E-state index contributed by atoms with van der Waals surface area (Å²) >= 11 is 0. The van der Waals surface area contributed by atoms with Crippen molar-refractivity contribution in [1.82, 2.24) is 5.32 Å². The molecule has 0 bridgehead atoms. The molecule has 1 atom stereocenters. The van der Waals surface area contributed by atoms with Gasteiger partial charge in [0, 0.05) is 5.56 Å². The Labute approximate surface area is 163 Å². The van der Waals surface area contributed by atoms with Crippen molar-refractivity contribution in [2.45, 2.75) is 33.2 Å². The van der Waals surface area contributed by atoms with Crippen molar-refractivity contribution in [1.29, 1.82) is 5.26 Å². The van der Waals surface area contributed by atoms with Crippen molar-refractivity contribution in [3.63, 3.8) is 0 Å². The van der Waals surface area contributed by atoms with E-state index >= 15 is 0 Å². The monoisotopic (exact) mass is 389 g/mol. The lowest BCUT2D eigenvalue weighted by molar-refractivity contribution is -0.153. The SMILES string of the molecule is C/C(=N/OCC(=O)OCC(=O)N[C@@](C)(C#N)C(C)C)c1ccc2c(c1)OCO2. The maximum absolute atomic E-state index is 11.9. The van der Waals surface area contributed by atoms with Crippen LogP contribution >= 0.6 is 0 Å². The van der Waals surface area contributed by atoms with Crippen molar-refractivity contribution in [3.8, 4) is 17.6 Å². The van der Waals surface area contributed by atoms with Gasteiger partial charge in [-0.2, -0.15) is 5.26 Å². The highest BCUT2D eigenvalue weighted by Gasteiger charge is 2.30. The Morgan fingerprint density at radius 2 is 2.04 bits per heavy atom. The second-order valence-electron chi connectivity index (χ2n) is 6.70. The largest absolute Gasteiger partial charge is 0.454 e. The molecule has 2 rings (SSSR count). The van der Waals surface area contributed by atoms with Crippen molar-refractivity contribution in [3.05, 3.63) is 23.8 Å². The Morgan fingerprint density at radius 3 is 2.71 bits per heavy atom. The summed E-state index contributed by atoms with van der Waals surface area (Å²) in [7, 11) is 0. The van der Waals surface area contributed by atoms with Gasteiger partial charge in [0.25, 0.3) is 5.91 Å². The lowest BCUT2D eigenvalue weighted by Gasteiger charge is -2.27. The Kier molecular flexibility index (Phi) is 6.82. The first kappa shape index (κ1) is 21.0. The summed E-state index contributed by atoms with van der Waals surface area (Å²) in [6.07, 6.45) is 0. The zero-order chi connectivity index (χ0) is 20.7. The average Bonchev–Trinajstić information content (AvgIpc) is 3.13. The molecule has 9 nitrogen and oxygen atoms in total. The molecule has 0 spiro atoms. The standard InChI is InChI=1S/C19H23N3O6/c1-12(2)19(4,10-20)21-17(23)8-25-18(24)9-28-22-13(3)14-5-6-15-16(7-14)27-11-26-15/h5-7,12H,8-9,11H2,1-4H3,(H,21,23)/b22-13-/t19-/m0/s1. The van der Waals surface area contributed by atoms with Crippen LogP contribution in [0.5, 0.6) is 11.5 Å². The molecule has 0 fully saturated rings. The van der Waals surface area contributed by atoms with E-state index in [-0.39, 0.29) is 12.7 Å². The summed E-state index contributed by atoms with van der Waals surface area (Å²) in [5.74, 6) is -0.145. The van der Waals surface area contributed by atoms with E-state index in [2.05, 4.69) is 10.5 Å². The average molecular weight is 389 g/mol. The van der Waals surface area contributed by atoms with Gasteiger partial charge in [0.2, 0.25) is 13.4 Å². The van der Waals surface area contributed by atoms with E-state index in [0.717, 1.165) is 5.56 Å². The Morgan fingerprint density at radius 1 is 1.32 bits per heavy atom. The highest BCUT2D eigenvalue weighted by molar-refractivity contribution is 5.99. The van der Waals surface area contributed by atoms with Crippen molar-refractivity contribution in [2.75, 3.05) is 20.0 Å². The third-order valence-corrected chi connectivity index (χ3v) is 4.32. The van der Waals surface area contributed by atoms with Crippen LogP contribution in [-0.2, 0) is 19.2 Å². The molecule has 0 radical (unpaired) electrons. The first-order valence-corrected chi connectivity index (χ1v) is 8.69. The number of fused-ring (bicyclic) bond motifs is 1. The summed E-state index contributed by atoms with van der Waals surface area (Å²) in [5, 5.41) is 15.6. The van der Waals surface area contributed by atoms with Gasteiger partial charge >= 0.3 is 5.97 Å². The van der Waals surface area contributed by atoms with Gasteiger partial charge in [-0.25, -0.2) is 4.79 Å². The highest BCUT2D eigenvalue weighted by Crippen LogP contribution is 2.32. The maximum atomic E-state index is 11.9. The van der Waals surface area contributed by atoms with Crippen LogP contribution in [0.2, 0.25) is 0 Å². The third kappa shape index (κ3) is 5.36. The van der Waals surface area contributed by atoms with E-state index in [1.54, 1.807) is 32.0 Å². The number of oxime groups is 1. The molecule has 1 aromatic rings. The van der Waals surface area contributed by atoms with Crippen LogP contribution in [0.3, 0.4) is 0 Å². The van der Waals surface area contributed by atoms with Crippen molar-refractivity contribution >= 4 is 17.6 Å². The first-order chi connectivity index (χ1) is 13.2. The molecule has 0 saturated heterocycles. The number of carbonyl (C=O) groups is 2. The van der Waals surface area contributed by atoms with E-state index in [9.17, 15) is 14.9 Å². The number of hydrogen-bond acceptors (Lipinski definition) is 8. The molecule has 0 unspecified atom stereocenters. The van der Waals surface area contributed by atoms with Crippen molar-refractivity contribution in [2.24, 2.45) is 11.1 Å². The lowest BCUT2D eigenvalue weighted by Crippen LogP contribution is -2.50. The second kappa shape index (κ2) is 9.08. The number of nitrogens with zero attached hydrogens (tertiary/aromatic N) is 2. The number of nitrogens with one attached hydrogen (secondary N) is 1. The van der Waals surface area contributed by atoms with Gasteiger partial charge in [0.1, 0.15) is 5.54 Å². The van der Waals surface area contributed by atoms with Crippen LogP contribution in [0.1, 0.15) is 33.3 Å². The minimum absolute atomic E-state index is 0.103. The Balaban J connectivity index is 1.77. The summed E-state index contributed by atoms with van der Waals surface area (Å²) < 4.78 is 15.4. The first-order valence-electron chi connectivity index (χ1n) is 8.69. The lowest BCUT2D eigenvalue weighted by atomic mass is 9.90. The maximum Gasteiger partial charge on any atom is 0.347 e. The van der Waals surface area contributed by atoms with Gasteiger partial charge in [0.15, 0.2) is 18.1 Å². The molecule has 9 heteroatoms. The molecular weight excluding hydrogens is 366 g/mol. The Hall–Kier alpha value is -3.28. The number of nitriles is 1. The van der Waals surface area contributed by atoms with E-state index in [1.165, 1.54) is 0 Å². The normalized spacial score (nSPS) is 14.8. The van der Waals surface area contributed by atoms with Crippen LogP contribution in [0.25, 0.3) is 0 Å². The summed E-state index contributed by atoms with van der Waals surface area (Å²) in [6, 6.07) is 7.35. The molecule has 0 aromatic heterocycles. The van der Waals surface area contributed by atoms with Gasteiger partial charge < -0.3 is 24.4 Å². The molecule has 1 amide bonds. The molecule has 0 aliphatic carbocycles. The van der Waals surface area contributed by atoms with Gasteiger partial charge in [-0.05, 0) is 38.0 Å². The minimum atomic E-state index is -1.04. The zero-order valence-corrected chi connectivity index (χ0v) is 16.3. The molecular formula is C19H23N3O6. The van der Waals surface area contributed by atoms with Crippen LogP contribution in [0.4, 0.5) is 0 Å². The Bertz CT molecular complexity index is 814. The van der Waals surface area contributed by atoms with Gasteiger partial charge in [-0.3, -0.25) is 4.79 Å². The fourth-order valence-electron chi connectivity index (χ4n) is 2.17. The summed E-state index contributed by atoms with van der Waals surface area (Å²) in [4.78, 5) is 28.5. The molecule has 28 heavy (non-hydrogen) atoms. The number of amides is 1. The topological polar surface area (TPSA) is 119 Å². The minimum Gasteiger partial charge on any atom is -0.454 e. The van der Waals surface area contributed by atoms with Crippen molar-refractivity contribution < 1.29 is 28.6 Å². The number of esters is 1. The molecule has 1 heterocycles. The van der Waals surface area contributed by atoms with Crippen LogP contribution in [0.15, 0.2) is 23.4 Å². The fourth-order valence-corrected chi connectivity index (χ4v) is 2.17. The van der Waals surface area contributed by atoms with Crippen LogP contribution in [0, 0.1) is 17.2 Å². The number of rotatable bonds is 8. The van der Waals surface area contributed by atoms with Gasteiger partial charge in [-0.1, -0.05) is 19.0 Å². The van der Waals surface area contributed by atoms with E-state index < -0.39 is 30.6 Å². The molecule has 1 aliphatic heterocycles. The molecule has 1 aromatic carbocycles. The molecule has 1 aliphatic rings. The molecule has 1 N–H and O–H groups in total. The number of ether oxygens (including phenoxy) is 3. The summed E-state index contributed by atoms with van der Waals surface area (Å²) in [5.41, 5.74) is 0.249. The predicted octanol–water partition coefficient (Wildman–Crippen LogP) is 1.75. The third-order valence-electron chi connectivity index (χ3n) is 4.32. The van der Waals surface area contributed by atoms with E-state index in [1.807, 2.05) is 19.9 Å². The number of hydrogen-bond donors (Lipinski definition) is 1. The highest BCUT2D eigenvalue weighted by atomic mass is 16.7. The molecule has 0 saturated carbocycles. The quantitative estimate of drug-likeness (QED) is 0.409. The second-order valence-corrected chi connectivity index (χ2v) is 6.70. The summed E-state index contributed by atoms with van der Waals surface area (Å²) in [6.45, 7) is 6.16. The molecule has 150 valence electrons. The fraction of sp³-hybridized carbons (Fsp3) is 0.474. The number of benzene rings is 1. The van der Waals surface area contributed by atoms with Gasteiger partial charge in [0.05, 0.1) is 11.8 Å².